The summed E-state index contributed by atoms with van der Waals surface area (Å²) in [5.41, 5.74) is 0.289. The Morgan fingerprint density at radius 3 is 2.04 bits per heavy atom. The van der Waals surface area contributed by atoms with Gasteiger partial charge < -0.3 is 23.7 Å². The fourth-order valence-corrected chi connectivity index (χ4v) is 1.93. The third-order valence-corrected chi connectivity index (χ3v) is 3.14. The second-order valence-electron chi connectivity index (χ2n) is 5.65. The van der Waals surface area contributed by atoms with E-state index in [0.717, 1.165) is 0 Å². The molecule has 0 bridgehead atoms. The van der Waals surface area contributed by atoms with Crippen molar-refractivity contribution in [3.05, 3.63) is 42.7 Å². The Kier molecular flexibility index (Phi) is 8.72. The van der Waals surface area contributed by atoms with E-state index in [2.05, 4.69) is 13.2 Å². The highest BCUT2D eigenvalue weighted by atomic mass is 16.7. The van der Waals surface area contributed by atoms with Crippen molar-refractivity contribution in [3.8, 4) is 17.2 Å². The van der Waals surface area contributed by atoms with Gasteiger partial charge in [-0.15, -0.1) is 0 Å². The van der Waals surface area contributed by atoms with Crippen LogP contribution in [0.4, 0.5) is 0 Å². The van der Waals surface area contributed by atoms with E-state index in [1.165, 1.54) is 0 Å². The summed E-state index contributed by atoms with van der Waals surface area (Å²) in [6.45, 7) is 16.8. The summed E-state index contributed by atoms with van der Waals surface area (Å²) in [6.07, 6.45) is -0.343. The van der Waals surface area contributed by atoms with E-state index in [4.69, 9.17) is 23.7 Å². The molecule has 2 atom stereocenters. The van der Waals surface area contributed by atoms with Gasteiger partial charge in [0.05, 0.1) is 5.76 Å². The molecular weight excluding hydrogens is 336 g/mol. The maximum Gasteiger partial charge on any atom is 0.338 e. The van der Waals surface area contributed by atoms with Crippen LogP contribution in [0.5, 0.6) is 17.2 Å². The minimum Gasteiger partial charge on any atom is -0.465 e. The van der Waals surface area contributed by atoms with Crippen molar-refractivity contribution in [3.63, 3.8) is 0 Å². The molecule has 0 heterocycles. The molecule has 144 valence electrons. The van der Waals surface area contributed by atoms with Crippen molar-refractivity contribution in [1.29, 1.82) is 0 Å². The van der Waals surface area contributed by atoms with E-state index in [-0.39, 0.29) is 11.3 Å². The lowest BCUT2D eigenvalue weighted by Crippen LogP contribution is -2.18. The molecule has 0 aliphatic rings. The van der Waals surface area contributed by atoms with Gasteiger partial charge in [0.2, 0.25) is 6.29 Å². The van der Waals surface area contributed by atoms with Crippen LogP contribution in [-0.2, 0) is 14.3 Å². The molecule has 1 rings (SSSR count). The largest absolute Gasteiger partial charge is 0.465 e. The second-order valence-corrected chi connectivity index (χ2v) is 5.65. The van der Waals surface area contributed by atoms with Crippen LogP contribution in [-0.4, -0.2) is 25.2 Å². The van der Waals surface area contributed by atoms with Crippen molar-refractivity contribution < 1.29 is 28.5 Å². The van der Waals surface area contributed by atoms with Crippen molar-refractivity contribution in [2.24, 2.45) is 0 Å². The number of hydrogen-bond donors (Lipinski definition) is 0. The minimum atomic E-state index is -0.563. The van der Waals surface area contributed by atoms with Gasteiger partial charge in [-0.1, -0.05) is 20.1 Å². The Labute approximate surface area is 155 Å². The highest BCUT2D eigenvalue weighted by molar-refractivity contribution is 5.88. The molecule has 26 heavy (non-hydrogen) atoms. The molecule has 0 saturated heterocycles. The predicted octanol–water partition coefficient (Wildman–Crippen LogP) is 4.59. The summed E-state index contributed by atoms with van der Waals surface area (Å²) < 4.78 is 27.6. The minimum absolute atomic E-state index is 0.274. The average molecular weight is 364 g/mol. The fourth-order valence-electron chi connectivity index (χ4n) is 1.93. The zero-order chi connectivity index (χ0) is 19.7. The lowest BCUT2D eigenvalue weighted by Gasteiger charge is -2.20. The van der Waals surface area contributed by atoms with Crippen LogP contribution in [0.2, 0.25) is 0 Å². The monoisotopic (exact) mass is 364 g/mol. The van der Waals surface area contributed by atoms with Gasteiger partial charge in [-0.05, 0) is 20.8 Å². The number of esters is 1. The summed E-state index contributed by atoms with van der Waals surface area (Å²) in [5, 5.41) is 0. The van der Waals surface area contributed by atoms with Crippen molar-refractivity contribution >= 4 is 5.97 Å². The first-order valence-corrected chi connectivity index (χ1v) is 8.57. The molecule has 1 aromatic rings. The zero-order valence-electron chi connectivity index (χ0n) is 16.2. The SMILES string of the molecule is C=C(CC)OC(C)Oc1cc(OC(=O)C(=C)C)cc(OC(C)OCC)c1. The standard InChI is InChI=1S/C20H28O6/c1-8-14(5)23-16(7)25-18-10-17(24-15(6)22-9-2)11-19(12-18)26-20(21)13(3)4/h10-12,15-16H,3,5,8-9H2,1-2,4,6-7H3. The maximum atomic E-state index is 11.8. The Hall–Kier alpha value is -2.47. The van der Waals surface area contributed by atoms with Crippen LogP contribution in [0.25, 0.3) is 0 Å². The molecular formula is C20H28O6. The Balaban J connectivity index is 3.00. The van der Waals surface area contributed by atoms with Gasteiger partial charge in [0.1, 0.15) is 17.2 Å². The van der Waals surface area contributed by atoms with Gasteiger partial charge in [0.15, 0.2) is 6.29 Å². The number of benzene rings is 1. The molecule has 0 aliphatic heterocycles. The van der Waals surface area contributed by atoms with E-state index in [1.54, 1.807) is 39.0 Å². The molecule has 0 saturated carbocycles. The Bertz CT molecular complexity index is 637. The van der Waals surface area contributed by atoms with E-state index >= 15 is 0 Å². The van der Waals surface area contributed by atoms with E-state index in [9.17, 15) is 4.79 Å². The maximum absolute atomic E-state index is 11.8. The number of ether oxygens (including phenoxy) is 5. The van der Waals surface area contributed by atoms with Crippen molar-refractivity contribution in [2.75, 3.05) is 6.61 Å². The van der Waals surface area contributed by atoms with Gasteiger partial charge in [-0.2, -0.15) is 0 Å². The molecule has 2 unspecified atom stereocenters. The van der Waals surface area contributed by atoms with Crippen molar-refractivity contribution in [2.45, 2.75) is 53.6 Å². The van der Waals surface area contributed by atoms with Crippen LogP contribution in [0.1, 0.15) is 41.0 Å². The molecule has 0 N–H and O–H groups in total. The highest BCUT2D eigenvalue weighted by Crippen LogP contribution is 2.30. The number of rotatable bonds is 11. The van der Waals surface area contributed by atoms with Crippen molar-refractivity contribution in [1.82, 2.24) is 0 Å². The Morgan fingerprint density at radius 2 is 1.54 bits per heavy atom. The predicted molar refractivity (Wildman–Crippen MR) is 99.2 cm³/mol. The first-order chi connectivity index (χ1) is 12.2. The van der Waals surface area contributed by atoms with E-state index in [1.807, 2.05) is 13.8 Å². The van der Waals surface area contributed by atoms with Gasteiger partial charge in [-0.3, -0.25) is 0 Å². The smallest absolute Gasteiger partial charge is 0.338 e. The van der Waals surface area contributed by atoms with Gasteiger partial charge in [0, 0.05) is 43.7 Å². The lowest BCUT2D eigenvalue weighted by atomic mass is 10.3. The highest BCUT2D eigenvalue weighted by Gasteiger charge is 2.14. The quantitative estimate of drug-likeness (QED) is 0.188. The summed E-state index contributed by atoms with van der Waals surface area (Å²) in [6, 6.07) is 4.83. The second kappa shape index (κ2) is 10.5. The first-order valence-electron chi connectivity index (χ1n) is 8.57. The molecule has 0 amide bonds. The molecule has 6 heteroatoms. The summed E-state index contributed by atoms with van der Waals surface area (Å²) >= 11 is 0. The third kappa shape index (κ3) is 7.61. The molecule has 0 fully saturated rings. The lowest BCUT2D eigenvalue weighted by molar-refractivity contribution is -0.130. The van der Waals surface area contributed by atoms with Crippen LogP contribution in [0.15, 0.2) is 42.7 Å². The normalized spacial score (nSPS) is 12.7. The Morgan fingerprint density at radius 1 is 1.00 bits per heavy atom. The molecule has 6 nitrogen and oxygen atoms in total. The van der Waals surface area contributed by atoms with Gasteiger partial charge in [0.25, 0.3) is 0 Å². The van der Waals surface area contributed by atoms with E-state index < -0.39 is 18.5 Å². The van der Waals surface area contributed by atoms with Crippen LogP contribution in [0.3, 0.4) is 0 Å². The summed E-state index contributed by atoms with van der Waals surface area (Å²) in [7, 11) is 0. The summed E-state index contributed by atoms with van der Waals surface area (Å²) in [4.78, 5) is 11.8. The van der Waals surface area contributed by atoms with Gasteiger partial charge >= 0.3 is 5.97 Å². The molecule has 1 aromatic carbocycles. The third-order valence-electron chi connectivity index (χ3n) is 3.14. The number of carbonyl (C=O) groups is 1. The molecule has 0 aliphatic carbocycles. The van der Waals surface area contributed by atoms with Crippen LogP contribution >= 0.6 is 0 Å². The fraction of sp³-hybridized carbons (Fsp3) is 0.450. The molecule has 0 aromatic heterocycles. The van der Waals surface area contributed by atoms with Crippen LogP contribution in [0, 0.1) is 0 Å². The molecule has 0 radical (unpaired) electrons. The summed E-state index contributed by atoms with van der Waals surface area (Å²) in [5.74, 6) is 1.22. The topological polar surface area (TPSA) is 63.2 Å². The number of carbonyl (C=O) groups excluding carboxylic acids is 1. The molecule has 0 spiro atoms. The van der Waals surface area contributed by atoms with Gasteiger partial charge in [-0.25, -0.2) is 4.79 Å². The van der Waals surface area contributed by atoms with E-state index in [0.29, 0.717) is 30.3 Å². The average Bonchev–Trinajstić information content (AvgIpc) is 2.54. The number of hydrogen-bond acceptors (Lipinski definition) is 6. The first kappa shape index (κ1) is 21.6. The van der Waals surface area contributed by atoms with Crippen LogP contribution < -0.4 is 14.2 Å². The number of allylic oxidation sites excluding steroid dienone is 1. The zero-order valence-corrected chi connectivity index (χ0v) is 16.2.